The van der Waals surface area contributed by atoms with E-state index < -0.39 is 0 Å². The van der Waals surface area contributed by atoms with Crippen molar-refractivity contribution in [1.29, 1.82) is 0 Å². The Morgan fingerprint density at radius 1 is 1.11 bits per heavy atom. The van der Waals surface area contributed by atoms with Gasteiger partial charge in [-0.05, 0) is 0 Å². The Morgan fingerprint density at radius 2 is 1.56 bits per heavy atom. The van der Waals surface area contributed by atoms with Crippen molar-refractivity contribution in [3.63, 3.8) is 0 Å². The van der Waals surface area contributed by atoms with E-state index in [-0.39, 0.29) is 12.4 Å². The lowest BCUT2D eigenvalue weighted by Gasteiger charge is -2.28. The maximum Gasteiger partial charge on any atom is 0.187 e. The van der Waals surface area contributed by atoms with Crippen molar-refractivity contribution in [1.82, 2.24) is 10.1 Å². The molecular weight excluding hydrogens is 144 g/mol. The van der Waals surface area contributed by atoms with Gasteiger partial charge in [0.25, 0.3) is 0 Å². The number of nitrogens with zero attached hydrogens (tertiary/aromatic N) is 2. The summed E-state index contributed by atoms with van der Waals surface area (Å²) in [4.78, 5) is 9.84. The van der Waals surface area contributed by atoms with Gasteiger partial charge in [-0.3, -0.25) is 9.68 Å². The summed E-state index contributed by atoms with van der Waals surface area (Å²) in [5, 5.41) is 3.42. The highest BCUT2D eigenvalue weighted by molar-refractivity contribution is 5.85. The van der Waals surface area contributed by atoms with E-state index in [1.54, 1.807) is 10.1 Å². The summed E-state index contributed by atoms with van der Waals surface area (Å²) in [6, 6.07) is 0. The normalized spacial score (nSPS) is 23.3. The lowest BCUT2D eigenvalue weighted by Crippen LogP contribution is -2.39. The smallest absolute Gasteiger partial charge is 0.187 e. The van der Waals surface area contributed by atoms with Crippen molar-refractivity contribution in [2.75, 3.05) is 27.6 Å². The zero-order valence-corrected chi connectivity index (χ0v) is 6.35. The lowest BCUT2D eigenvalue weighted by molar-refractivity contribution is -0.362. The molecule has 1 rings (SSSR count). The van der Waals surface area contributed by atoms with Crippen LogP contribution in [0.5, 0.6) is 0 Å². The van der Waals surface area contributed by atoms with Crippen LogP contribution in [0, 0.1) is 0 Å². The highest BCUT2D eigenvalue weighted by Gasteiger charge is 2.09. The molecule has 0 radical (unpaired) electrons. The minimum Gasteiger partial charge on any atom is -0.268 e. The first-order valence-corrected chi connectivity index (χ1v) is 2.47. The van der Waals surface area contributed by atoms with Gasteiger partial charge in [0.15, 0.2) is 6.79 Å². The summed E-state index contributed by atoms with van der Waals surface area (Å²) in [5.41, 5.74) is 0. The van der Waals surface area contributed by atoms with E-state index in [1.165, 1.54) is 0 Å². The molecule has 0 aromatic carbocycles. The zero-order valence-electron chi connectivity index (χ0n) is 5.53. The van der Waals surface area contributed by atoms with Crippen molar-refractivity contribution >= 4 is 12.4 Å². The van der Waals surface area contributed by atoms with Gasteiger partial charge in [0.05, 0.1) is 6.67 Å². The van der Waals surface area contributed by atoms with Gasteiger partial charge < -0.3 is 0 Å². The Labute approximate surface area is 60.6 Å². The van der Waals surface area contributed by atoms with Crippen LogP contribution < -0.4 is 0 Å². The van der Waals surface area contributed by atoms with Crippen molar-refractivity contribution < 1.29 is 9.68 Å². The fourth-order valence-electron chi connectivity index (χ4n) is 0.566. The fourth-order valence-corrected chi connectivity index (χ4v) is 0.566. The maximum absolute atomic E-state index is 4.92. The molecule has 0 unspecified atom stereocenters. The number of halogens is 1. The molecule has 1 fully saturated rings. The minimum absolute atomic E-state index is 0. The van der Waals surface area contributed by atoms with Crippen LogP contribution >= 0.6 is 12.4 Å². The summed E-state index contributed by atoms with van der Waals surface area (Å²) in [5.74, 6) is 0. The van der Waals surface area contributed by atoms with Gasteiger partial charge in [-0.25, -0.2) is 0 Å². The standard InChI is InChI=1S/C4H10N2O2.ClH/c1-5-3-6(2)8-4-7-5;/h3-4H2,1-2H3;1H. The van der Waals surface area contributed by atoms with Crippen LogP contribution in [0.4, 0.5) is 0 Å². The van der Waals surface area contributed by atoms with Crippen LogP contribution in [0.15, 0.2) is 0 Å². The average molecular weight is 155 g/mol. The number of rotatable bonds is 0. The topological polar surface area (TPSA) is 24.9 Å². The lowest BCUT2D eigenvalue weighted by atomic mass is 10.9. The molecule has 0 aromatic rings. The molecule has 1 aliphatic heterocycles. The van der Waals surface area contributed by atoms with Crippen LogP contribution in [0.2, 0.25) is 0 Å². The van der Waals surface area contributed by atoms with Crippen LogP contribution in [0.25, 0.3) is 0 Å². The summed E-state index contributed by atoms with van der Waals surface area (Å²) >= 11 is 0. The molecule has 1 heterocycles. The van der Waals surface area contributed by atoms with Crippen molar-refractivity contribution in [3.8, 4) is 0 Å². The van der Waals surface area contributed by atoms with Crippen LogP contribution in [0.1, 0.15) is 0 Å². The molecule has 0 aromatic heterocycles. The quantitative estimate of drug-likeness (QED) is 0.493. The first-order valence-electron chi connectivity index (χ1n) is 2.47. The number of hydrogen-bond donors (Lipinski definition) is 0. The van der Waals surface area contributed by atoms with Gasteiger partial charge in [0, 0.05) is 14.1 Å². The number of hydroxylamine groups is 4. The third kappa shape index (κ3) is 2.98. The van der Waals surface area contributed by atoms with Gasteiger partial charge >= 0.3 is 0 Å². The molecule has 0 aliphatic carbocycles. The Bertz CT molecular complexity index is 75.0. The Balaban J connectivity index is 0.000000640. The molecule has 0 bridgehead atoms. The maximum atomic E-state index is 4.92. The van der Waals surface area contributed by atoms with Crippen LogP contribution in [-0.2, 0) is 9.68 Å². The minimum atomic E-state index is 0. The monoisotopic (exact) mass is 154 g/mol. The molecule has 56 valence electrons. The van der Waals surface area contributed by atoms with Gasteiger partial charge in [-0.2, -0.15) is 10.1 Å². The molecule has 0 atom stereocenters. The third-order valence-corrected chi connectivity index (χ3v) is 0.944. The van der Waals surface area contributed by atoms with Crippen LogP contribution in [0.3, 0.4) is 0 Å². The van der Waals surface area contributed by atoms with E-state index in [2.05, 4.69) is 0 Å². The molecule has 0 N–H and O–H groups in total. The molecule has 0 saturated carbocycles. The van der Waals surface area contributed by atoms with E-state index in [9.17, 15) is 0 Å². The van der Waals surface area contributed by atoms with Gasteiger partial charge in [0.2, 0.25) is 0 Å². The first kappa shape index (κ1) is 9.13. The van der Waals surface area contributed by atoms with Gasteiger partial charge in [0.1, 0.15) is 0 Å². The summed E-state index contributed by atoms with van der Waals surface area (Å²) in [6.07, 6.45) is 0. The molecule has 0 spiro atoms. The largest absolute Gasteiger partial charge is 0.268 e. The molecule has 0 amide bonds. The molecule has 5 heteroatoms. The number of hydrogen-bond acceptors (Lipinski definition) is 4. The fraction of sp³-hybridized carbons (Fsp3) is 1.00. The van der Waals surface area contributed by atoms with Crippen LogP contribution in [-0.4, -0.2) is 37.7 Å². The summed E-state index contributed by atoms with van der Waals surface area (Å²) < 4.78 is 0. The highest BCUT2D eigenvalue weighted by atomic mass is 35.5. The summed E-state index contributed by atoms with van der Waals surface area (Å²) in [7, 11) is 3.72. The predicted molar refractivity (Wildman–Crippen MR) is 34.7 cm³/mol. The van der Waals surface area contributed by atoms with E-state index in [4.69, 9.17) is 9.68 Å². The molecule has 4 nitrogen and oxygen atoms in total. The third-order valence-electron chi connectivity index (χ3n) is 0.944. The Kier molecular flexibility index (Phi) is 4.09. The second kappa shape index (κ2) is 4.03. The van der Waals surface area contributed by atoms with E-state index in [1.807, 2.05) is 14.1 Å². The van der Waals surface area contributed by atoms with Gasteiger partial charge in [-0.1, -0.05) is 0 Å². The average Bonchev–Trinajstić information content (AvgIpc) is 1.64. The zero-order chi connectivity index (χ0) is 5.98. The van der Waals surface area contributed by atoms with Gasteiger partial charge in [-0.15, -0.1) is 12.4 Å². The highest BCUT2D eigenvalue weighted by Crippen LogP contribution is 1.97. The second-order valence-electron chi connectivity index (χ2n) is 1.77. The first-order chi connectivity index (χ1) is 3.79. The molecular formula is C4H11ClN2O2. The van der Waals surface area contributed by atoms with E-state index in [0.717, 1.165) is 0 Å². The Hall–Kier alpha value is 0.130. The second-order valence-corrected chi connectivity index (χ2v) is 1.77. The van der Waals surface area contributed by atoms with Crippen molar-refractivity contribution in [3.05, 3.63) is 0 Å². The molecule has 1 aliphatic rings. The predicted octanol–water partition coefficient (Wildman–Crippen LogP) is 0.0636. The Morgan fingerprint density at radius 3 is 1.78 bits per heavy atom. The van der Waals surface area contributed by atoms with E-state index in [0.29, 0.717) is 13.5 Å². The van der Waals surface area contributed by atoms with Crippen molar-refractivity contribution in [2.45, 2.75) is 0 Å². The van der Waals surface area contributed by atoms with E-state index >= 15 is 0 Å². The SMILES string of the molecule is CN1CN(C)OCO1.Cl. The molecule has 9 heavy (non-hydrogen) atoms. The summed E-state index contributed by atoms with van der Waals surface area (Å²) in [6.45, 7) is 1.02. The molecule has 1 saturated heterocycles. The van der Waals surface area contributed by atoms with Crippen molar-refractivity contribution in [2.24, 2.45) is 0 Å².